The van der Waals surface area contributed by atoms with Crippen LogP contribution in [0, 0.1) is 13.8 Å². The molecular weight excluding hydrogens is 307 g/mol. The normalized spacial score (nSPS) is 10.5. The summed E-state index contributed by atoms with van der Waals surface area (Å²) in [6.45, 7) is 4.62. The van der Waals surface area contributed by atoms with E-state index in [-0.39, 0.29) is 16.2 Å². The molecule has 0 unspecified atom stereocenters. The second-order valence-electron chi connectivity index (χ2n) is 5.09. The van der Waals surface area contributed by atoms with Crippen molar-refractivity contribution >= 4 is 29.1 Å². The Balaban J connectivity index is 2.19. The molecule has 3 nitrogen and oxygen atoms in total. The zero-order chi connectivity index (χ0) is 15.6. The molecule has 0 aliphatic heterocycles. The minimum atomic E-state index is -0.138. The van der Waals surface area contributed by atoms with Gasteiger partial charge in [0.25, 0.3) is 5.91 Å². The largest absolute Gasteiger partial charge is 0.337 e. The van der Waals surface area contributed by atoms with Crippen molar-refractivity contribution in [2.75, 3.05) is 7.05 Å². The van der Waals surface area contributed by atoms with Gasteiger partial charge in [-0.1, -0.05) is 47.0 Å². The molecule has 110 valence electrons. The summed E-state index contributed by atoms with van der Waals surface area (Å²) >= 11 is 11.7. The lowest BCUT2D eigenvalue weighted by molar-refractivity contribution is 0.0785. The van der Waals surface area contributed by atoms with Crippen LogP contribution in [-0.2, 0) is 6.54 Å². The highest BCUT2D eigenvalue weighted by Gasteiger charge is 2.14. The number of carbonyl (C=O) groups excluding carboxylic acids is 1. The van der Waals surface area contributed by atoms with Crippen LogP contribution < -0.4 is 0 Å². The van der Waals surface area contributed by atoms with Crippen LogP contribution in [0.25, 0.3) is 0 Å². The van der Waals surface area contributed by atoms with Crippen molar-refractivity contribution in [1.82, 2.24) is 9.88 Å². The number of pyridine rings is 1. The van der Waals surface area contributed by atoms with Gasteiger partial charge in [0, 0.05) is 19.2 Å². The summed E-state index contributed by atoms with van der Waals surface area (Å²) in [7, 11) is 1.75. The highest BCUT2D eigenvalue weighted by atomic mass is 35.5. The zero-order valence-electron chi connectivity index (χ0n) is 12.2. The second kappa shape index (κ2) is 6.46. The third-order valence-electron chi connectivity index (χ3n) is 3.26. The zero-order valence-corrected chi connectivity index (χ0v) is 13.7. The Labute approximate surface area is 134 Å². The van der Waals surface area contributed by atoms with Crippen molar-refractivity contribution in [3.05, 3.63) is 62.9 Å². The lowest BCUT2D eigenvalue weighted by atomic mass is 10.1. The van der Waals surface area contributed by atoms with E-state index in [1.54, 1.807) is 11.9 Å². The van der Waals surface area contributed by atoms with Crippen LogP contribution in [0.15, 0.2) is 30.3 Å². The first-order valence-electron chi connectivity index (χ1n) is 6.51. The number of carbonyl (C=O) groups is 1. The van der Waals surface area contributed by atoms with Crippen LogP contribution in [-0.4, -0.2) is 22.8 Å². The molecule has 1 heterocycles. The molecule has 0 saturated heterocycles. The number of rotatable bonds is 3. The highest BCUT2D eigenvalue weighted by molar-refractivity contribution is 6.33. The van der Waals surface area contributed by atoms with Gasteiger partial charge in [-0.25, -0.2) is 4.98 Å². The minimum Gasteiger partial charge on any atom is -0.337 e. The summed E-state index contributed by atoms with van der Waals surface area (Å²) in [6.07, 6.45) is 0. The number of hydrogen-bond acceptors (Lipinski definition) is 2. The number of benzene rings is 1. The summed E-state index contributed by atoms with van der Waals surface area (Å²) < 4.78 is 0. The molecule has 2 rings (SSSR count). The van der Waals surface area contributed by atoms with E-state index in [0.717, 1.165) is 5.56 Å². The first-order chi connectivity index (χ1) is 9.86. The van der Waals surface area contributed by atoms with E-state index in [1.807, 2.05) is 26.0 Å². The Bertz CT molecular complexity index is 666. The molecule has 0 aliphatic carbocycles. The van der Waals surface area contributed by atoms with Gasteiger partial charge in [-0.05, 0) is 37.1 Å². The van der Waals surface area contributed by atoms with Gasteiger partial charge >= 0.3 is 0 Å². The van der Waals surface area contributed by atoms with Crippen LogP contribution in [0.2, 0.25) is 10.3 Å². The number of hydrogen-bond donors (Lipinski definition) is 0. The van der Waals surface area contributed by atoms with E-state index in [0.29, 0.717) is 12.1 Å². The predicted molar refractivity (Wildman–Crippen MR) is 86.0 cm³/mol. The molecule has 2 aromatic rings. The number of amides is 1. The quantitative estimate of drug-likeness (QED) is 0.790. The van der Waals surface area contributed by atoms with Gasteiger partial charge in [-0.3, -0.25) is 4.79 Å². The highest BCUT2D eigenvalue weighted by Crippen LogP contribution is 2.18. The van der Waals surface area contributed by atoms with Crippen molar-refractivity contribution in [3.8, 4) is 0 Å². The predicted octanol–water partition coefficient (Wildman–Crippen LogP) is 4.28. The molecule has 0 fully saturated rings. The molecule has 1 amide bonds. The Hall–Kier alpha value is -1.58. The van der Waals surface area contributed by atoms with Crippen molar-refractivity contribution in [2.45, 2.75) is 20.4 Å². The monoisotopic (exact) mass is 322 g/mol. The van der Waals surface area contributed by atoms with E-state index in [2.05, 4.69) is 11.1 Å². The fourth-order valence-electron chi connectivity index (χ4n) is 2.16. The van der Waals surface area contributed by atoms with Crippen molar-refractivity contribution in [1.29, 1.82) is 0 Å². The fourth-order valence-corrected chi connectivity index (χ4v) is 2.62. The van der Waals surface area contributed by atoms with Gasteiger partial charge < -0.3 is 4.90 Å². The van der Waals surface area contributed by atoms with Crippen LogP contribution in [0.4, 0.5) is 0 Å². The Morgan fingerprint density at radius 2 is 1.76 bits per heavy atom. The SMILES string of the molecule is Cc1ccc(CN(C)C(=O)c2cc(Cl)nc(Cl)c2)c(C)c1. The van der Waals surface area contributed by atoms with Gasteiger partial charge in [-0.15, -0.1) is 0 Å². The lowest BCUT2D eigenvalue weighted by Gasteiger charge is -2.19. The first-order valence-corrected chi connectivity index (χ1v) is 7.27. The number of aromatic nitrogens is 1. The Kier molecular flexibility index (Phi) is 4.86. The van der Waals surface area contributed by atoms with E-state index in [1.165, 1.54) is 23.3 Å². The van der Waals surface area contributed by atoms with Gasteiger partial charge in [0.15, 0.2) is 0 Å². The molecule has 0 spiro atoms. The maximum absolute atomic E-state index is 12.4. The minimum absolute atomic E-state index is 0.138. The summed E-state index contributed by atoms with van der Waals surface area (Å²) in [5.41, 5.74) is 3.92. The number of nitrogens with zero attached hydrogens (tertiary/aromatic N) is 2. The molecule has 1 aromatic heterocycles. The summed E-state index contributed by atoms with van der Waals surface area (Å²) in [6, 6.07) is 9.23. The number of halogens is 2. The second-order valence-corrected chi connectivity index (χ2v) is 5.87. The van der Waals surface area contributed by atoms with Gasteiger partial charge in [0.1, 0.15) is 10.3 Å². The van der Waals surface area contributed by atoms with Crippen molar-refractivity contribution in [2.24, 2.45) is 0 Å². The standard InChI is InChI=1S/C16H16Cl2N2O/c1-10-4-5-12(11(2)6-10)9-20(3)16(21)13-7-14(17)19-15(18)8-13/h4-8H,9H2,1-3H3. The first kappa shape index (κ1) is 15.8. The molecule has 0 atom stereocenters. The van der Waals surface area contributed by atoms with E-state index < -0.39 is 0 Å². The Morgan fingerprint density at radius 1 is 1.14 bits per heavy atom. The molecule has 5 heteroatoms. The van der Waals surface area contributed by atoms with E-state index >= 15 is 0 Å². The van der Waals surface area contributed by atoms with E-state index in [4.69, 9.17) is 23.2 Å². The fraction of sp³-hybridized carbons (Fsp3) is 0.250. The molecule has 0 N–H and O–H groups in total. The molecule has 0 bridgehead atoms. The molecular formula is C16H16Cl2N2O. The van der Waals surface area contributed by atoms with Crippen molar-refractivity contribution < 1.29 is 4.79 Å². The molecule has 1 aromatic carbocycles. The average molecular weight is 323 g/mol. The van der Waals surface area contributed by atoms with E-state index in [9.17, 15) is 4.79 Å². The summed E-state index contributed by atoms with van der Waals surface area (Å²) in [5, 5.41) is 0.427. The van der Waals surface area contributed by atoms with Crippen LogP contribution in [0.5, 0.6) is 0 Å². The number of aryl methyl sites for hydroxylation is 2. The lowest BCUT2D eigenvalue weighted by Crippen LogP contribution is -2.26. The van der Waals surface area contributed by atoms with Gasteiger partial charge in [0.2, 0.25) is 0 Å². The third kappa shape index (κ3) is 3.96. The molecule has 0 saturated carbocycles. The third-order valence-corrected chi connectivity index (χ3v) is 3.65. The van der Waals surface area contributed by atoms with Crippen LogP contribution in [0.3, 0.4) is 0 Å². The maximum atomic E-state index is 12.4. The summed E-state index contributed by atoms with van der Waals surface area (Å²) in [4.78, 5) is 17.9. The van der Waals surface area contributed by atoms with Crippen molar-refractivity contribution in [3.63, 3.8) is 0 Å². The Morgan fingerprint density at radius 3 is 2.33 bits per heavy atom. The summed E-state index contributed by atoms with van der Waals surface area (Å²) in [5.74, 6) is -0.138. The smallest absolute Gasteiger partial charge is 0.254 e. The molecule has 0 aliphatic rings. The molecule has 21 heavy (non-hydrogen) atoms. The van der Waals surface area contributed by atoms with Crippen LogP contribution in [0.1, 0.15) is 27.0 Å². The van der Waals surface area contributed by atoms with Gasteiger partial charge in [-0.2, -0.15) is 0 Å². The maximum Gasteiger partial charge on any atom is 0.254 e. The van der Waals surface area contributed by atoms with Crippen LogP contribution >= 0.6 is 23.2 Å². The van der Waals surface area contributed by atoms with Gasteiger partial charge in [0.05, 0.1) is 0 Å². The molecule has 0 radical (unpaired) electrons. The average Bonchev–Trinajstić information content (AvgIpc) is 2.40. The topological polar surface area (TPSA) is 33.2 Å².